The minimum absolute atomic E-state index is 0. The lowest BCUT2D eigenvalue weighted by molar-refractivity contribution is 0.190. The SMILES string of the molecule is CN1CCNCC1c1noc(-c2ccc(I)c(F)c2)n1.Cl. The van der Waals surface area contributed by atoms with Crippen molar-refractivity contribution in [3.05, 3.63) is 33.4 Å². The van der Waals surface area contributed by atoms with E-state index in [0.29, 0.717) is 20.8 Å². The topological polar surface area (TPSA) is 54.2 Å². The highest BCUT2D eigenvalue weighted by molar-refractivity contribution is 14.1. The lowest BCUT2D eigenvalue weighted by atomic mass is 10.2. The Morgan fingerprint density at radius 2 is 2.29 bits per heavy atom. The summed E-state index contributed by atoms with van der Waals surface area (Å²) >= 11 is 1.95. The van der Waals surface area contributed by atoms with Crippen LogP contribution in [-0.2, 0) is 0 Å². The molecule has 1 aliphatic heterocycles. The highest BCUT2D eigenvalue weighted by Gasteiger charge is 2.25. The molecule has 1 N–H and O–H groups in total. The number of hydrogen-bond acceptors (Lipinski definition) is 5. The van der Waals surface area contributed by atoms with Crippen molar-refractivity contribution >= 4 is 35.0 Å². The largest absolute Gasteiger partial charge is 0.334 e. The molecule has 0 radical (unpaired) electrons. The predicted octanol–water partition coefficient (Wildman–Crippen LogP) is 2.48. The third-order valence-electron chi connectivity index (χ3n) is 3.42. The first-order valence-corrected chi connectivity index (χ1v) is 7.43. The molecule has 1 aliphatic rings. The number of nitrogens with one attached hydrogen (secondary N) is 1. The van der Waals surface area contributed by atoms with E-state index in [0.717, 1.165) is 19.6 Å². The van der Waals surface area contributed by atoms with Crippen LogP contribution in [0.5, 0.6) is 0 Å². The molecule has 1 aromatic heterocycles. The third kappa shape index (κ3) is 3.53. The van der Waals surface area contributed by atoms with Gasteiger partial charge in [-0.25, -0.2) is 4.39 Å². The van der Waals surface area contributed by atoms with Crippen molar-refractivity contribution in [3.63, 3.8) is 0 Å². The molecule has 0 amide bonds. The maximum atomic E-state index is 13.6. The predicted molar refractivity (Wildman–Crippen MR) is 87.9 cm³/mol. The van der Waals surface area contributed by atoms with Crippen LogP contribution in [0.4, 0.5) is 4.39 Å². The smallest absolute Gasteiger partial charge is 0.258 e. The lowest BCUT2D eigenvalue weighted by Crippen LogP contribution is -2.44. The van der Waals surface area contributed by atoms with Crippen molar-refractivity contribution in [2.75, 3.05) is 26.7 Å². The zero-order valence-electron chi connectivity index (χ0n) is 11.3. The molecule has 1 unspecified atom stereocenters. The number of rotatable bonds is 2. The van der Waals surface area contributed by atoms with E-state index in [1.165, 1.54) is 6.07 Å². The summed E-state index contributed by atoms with van der Waals surface area (Å²) in [5.41, 5.74) is 0.605. The van der Waals surface area contributed by atoms with Crippen LogP contribution in [-0.4, -0.2) is 41.7 Å². The molecule has 5 nitrogen and oxygen atoms in total. The molecule has 1 saturated heterocycles. The molecular formula is C13H15ClFIN4O. The monoisotopic (exact) mass is 424 g/mol. The molecular weight excluding hydrogens is 410 g/mol. The fourth-order valence-electron chi connectivity index (χ4n) is 2.21. The maximum Gasteiger partial charge on any atom is 0.258 e. The average Bonchev–Trinajstić information content (AvgIpc) is 2.92. The average molecular weight is 425 g/mol. The molecule has 0 saturated carbocycles. The van der Waals surface area contributed by atoms with E-state index in [1.807, 2.05) is 29.6 Å². The summed E-state index contributed by atoms with van der Waals surface area (Å²) in [7, 11) is 2.03. The second kappa shape index (κ2) is 6.99. The summed E-state index contributed by atoms with van der Waals surface area (Å²) < 4.78 is 19.4. The van der Waals surface area contributed by atoms with Gasteiger partial charge in [0, 0.05) is 28.8 Å². The van der Waals surface area contributed by atoms with Gasteiger partial charge in [0.15, 0.2) is 5.82 Å². The van der Waals surface area contributed by atoms with Gasteiger partial charge < -0.3 is 9.84 Å². The van der Waals surface area contributed by atoms with Gasteiger partial charge in [0.05, 0.1) is 6.04 Å². The number of nitrogens with zero attached hydrogens (tertiary/aromatic N) is 3. The van der Waals surface area contributed by atoms with Crippen molar-refractivity contribution in [1.82, 2.24) is 20.4 Å². The van der Waals surface area contributed by atoms with Crippen LogP contribution in [0.2, 0.25) is 0 Å². The van der Waals surface area contributed by atoms with E-state index in [9.17, 15) is 4.39 Å². The normalized spacial score (nSPS) is 19.3. The van der Waals surface area contributed by atoms with E-state index in [1.54, 1.807) is 12.1 Å². The van der Waals surface area contributed by atoms with E-state index in [2.05, 4.69) is 20.4 Å². The minimum atomic E-state index is -0.278. The number of aromatic nitrogens is 2. The van der Waals surface area contributed by atoms with Crippen LogP contribution in [0.25, 0.3) is 11.5 Å². The molecule has 2 heterocycles. The standard InChI is InChI=1S/C13H14FIN4O.ClH/c1-19-5-4-16-7-11(19)12-17-13(20-18-12)8-2-3-10(15)9(14)6-8;/h2-3,6,11,16H,4-5,7H2,1H3;1H. The zero-order valence-corrected chi connectivity index (χ0v) is 14.3. The van der Waals surface area contributed by atoms with Crippen molar-refractivity contribution in [1.29, 1.82) is 0 Å². The van der Waals surface area contributed by atoms with Gasteiger partial charge >= 0.3 is 0 Å². The minimum Gasteiger partial charge on any atom is -0.334 e. The molecule has 1 fully saturated rings. The van der Waals surface area contributed by atoms with Crippen LogP contribution in [0, 0.1) is 9.39 Å². The van der Waals surface area contributed by atoms with Crippen molar-refractivity contribution in [2.24, 2.45) is 0 Å². The Labute approximate surface area is 141 Å². The molecule has 8 heteroatoms. The highest BCUT2D eigenvalue weighted by Crippen LogP contribution is 2.24. The van der Waals surface area contributed by atoms with Crippen LogP contribution < -0.4 is 5.32 Å². The Hall–Kier alpha value is -0.770. The molecule has 1 aromatic carbocycles. The summed E-state index contributed by atoms with van der Waals surface area (Å²) in [4.78, 5) is 6.58. The Kier molecular flexibility index (Phi) is 5.53. The molecule has 0 aliphatic carbocycles. The quantitative estimate of drug-likeness (QED) is 0.751. The molecule has 2 aromatic rings. The van der Waals surface area contributed by atoms with Crippen molar-refractivity contribution < 1.29 is 8.91 Å². The number of likely N-dealkylation sites (N-methyl/N-ethyl adjacent to an activating group) is 1. The van der Waals surface area contributed by atoms with Crippen LogP contribution in [0.1, 0.15) is 11.9 Å². The second-order valence-electron chi connectivity index (χ2n) is 4.79. The van der Waals surface area contributed by atoms with Crippen molar-refractivity contribution in [2.45, 2.75) is 6.04 Å². The highest BCUT2D eigenvalue weighted by atomic mass is 127. The van der Waals surface area contributed by atoms with Gasteiger partial charge in [-0.15, -0.1) is 12.4 Å². The Morgan fingerprint density at radius 3 is 3.00 bits per heavy atom. The Balaban J connectivity index is 0.00000161. The molecule has 21 heavy (non-hydrogen) atoms. The van der Waals surface area contributed by atoms with Gasteiger partial charge in [-0.05, 0) is 47.8 Å². The van der Waals surface area contributed by atoms with Gasteiger partial charge in [-0.1, -0.05) is 5.16 Å². The number of hydrogen-bond donors (Lipinski definition) is 1. The van der Waals surface area contributed by atoms with Crippen LogP contribution >= 0.6 is 35.0 Å². The fraction of sp³-hybridized carbons (Fsp3) is 0.385. The van der Waals surface area contributed by atoms with Gasteiger partial charge in [-0.3, -0.25) is 4.90 Å². The summed E-state index contributed by atoms with van der Waals surface area (Å²) in [6.07, 6.45) is 0. The van der Waals surface area contributed by atoms with Gasteiger partial charge in [-0.2, -0.15) is 4.98 Å². The first-order chi connectivity index (χ1) is 9.65. The lowest BCUT2D eigenvalue weighted by Gasteiger charge is -2.30. The van der Waals surface area contributed by atoms with Gasteiger partial charge in [0.25, 0.3) is 5.89 Å². The van der Waals surface area contributed by atoms with E-state index in [4.69, 9.17) is 4.52 Å². The number of piperazine rings is 1. The maximum absolute atomic E-state index is 13.6. The second-order valence-corrected chi connectivity index (χ2v) is 5.95. The van der Waals surface area contributed by atoms with Crippen molar-refractivity contribution in [3.8, 4) is 11.5 Å². The van der Waals surface area contributed by atoms with E-state index < -0.39 is 0 Å². The Bertz CT molecular complexity index is 624. The molecule has 0 bridgehead atoms. The Morgan fingerprint density at radius 1 is 1.48 bits per heavy atom. The summed E-state index contributed by atoms with van der Waals surface area (Å²) in [6.45, 7) is 2.68. The number of halogens is 3. The van der Waals surface area contributed by atoms with Crippen LogP contribution in [0.15, 0.2) is 22.7 Å². The summed E-state index contributed by atoms with van der Waals surface area (Å²) in [5, 5.41) is 7.33. The fourth-order valence-corrected chi connectivity index (χ4v) is 2.55. The van der Waals surface area contributed by atoms with Gasteiger partial charge in [0.2, 0.25) is 0 Å². The number of benzene rings is 1. The molecule has 0 spiro atoms. The zero-order chi connectivity index (χ0) is 14.1. The first kappa shape index (κ1) is 16.6. The van der Waals surface area contributed by atoms with Gasteiger partial charge in [0.1, 0.15) is 5.82 Å². The van der Waals surface area contributed by atoms with E-state index in [-0.39, 0.29) is 24.3 Å². The first-order valence-electron chi connectivity index (χ1n) is 6.35. The molecule has 114 valence electrons. The summed E-state index contributed by atoms with van der Waals surface area (Å²) in [6, 6.07) is 4.99. The third-order valence-corrected chi connectivity index (χ3v) is 4.29. The molecule has 3 rings (SSSR count). The van der Waals surface area contributed by atoms with Crippen LogP contribution in [0.3, 0.4) is 0 Å². The van der Waals surface area contributed by atoms with E-state index >= 15 is 0 Å². The summed E-state index contributed by atoms with van der Waals surface area (Å²) in [5.74, 6) is 0.710. The molecule has 1 atom stereocenters.